The molecular formula is C26H31ClN4O4. The number of nitrogens with zero attached hydrogens (tertiary/aromatic N) is 3. The molecule has 2 aromatic heterocycles. The van der Waals surface area contributed by atoms with E-state index in [0.29, 0.717) is 40.9 Å². The van der Waals surface area contributed by atoms with Gasteiger partial charge in [-0.15, -0.1) is 0 Å². The molecule has 35 heavy (non-hydrogen) atoms. The summed E-state index contributed by atoms with van der Waals surface area (Å²) in [5.41, 5.74) is 0.443. The third-order valence-corrected chi connectivity index (χ3v) is 6.13. The van der Waals surface area contributed by atoms with Gasteiger partial charge in [0.05, 0.1) is 17.9 Å². The molecule has 2 heterocycles. The highest BCUT2D eigenvalue weighted by Crippen LogP contribution is 2.31. The van der Waals surface area contributed by atoms with Gasteiger partial charge in [-0.05, 0) is 56.0 Å². The van der Waals surface area contributed by atoms with Crippen LogP contribution in [0.25, 0.3) is 5.82 Å². The fourth-order valence-corrected chi connectivity index (χ4v) is 4.06. The molecule has 0 aliphatic rings. The zero-order valence-corrected chi connectivity index (χ0v) is 21.5. The minimum atomic E-state index is -0.479. The molecule has 0 fully saturated rings. The van der Waals surface area contributed by atoms with Crippen molar-refractivity contribution in [2.24, 2.45) is 12.5 Å². The van der Waals surface area contributed by atoms with Crippen LogP contribution in [0.5, 0.6) is 5.75 Å². The molecule has 8 nitrogen and oxygen atoms in total. The van der Waals surface area contributed by atoms with E-state index in [-0.39, 0.29) is 35.8 Å². The van der Waals surface area contributed by atoms with E-state index >= 15 is 0 Å². The van der Waals surface area contributed by atoms with Gasteiger partial charge in [0.15, 0.2) is 11.6 Å². The molecule has 0 aliphatic heterocycles. The Morgan fingerprint density at radius 1 is 1.20 bits per heavy atom. The summed E-state index contributed by atoms with van der Waals surface area (Å²) in [6.07, 6.45) is 2.46. The lowest BCUT2D eigenvalue weighted by Crippen LogP contribution is -2.26. The van der Waals surface area contributed by atoms with Gasteiger partial charge in [0, 0.05) is 31.1 Å². The monoisotopic (exact) mass is 498 g/mol. The molecule has 1 amide bonds. The summed E-state index contributed by atoms with van der Waals surface area (Å²) in [4.78, 5) is 43.0. The summed E-state index contributed by atoms with van der Waals surface area (Å²) in [6, 6.07) is 10.3. The lowest BCUT2D eigenvalue weighted by molar-refractivity contribution is -0.118. The molecule has 0 radical (unpaired) electrons. The fourth-order valence-electron chi connectivity index (χ4n) is 3.88. The number of hydrogen-bond acceptors (Lipinski definition) is 5. The Morgan fingerprint density at radius 2 is 1.94 bits per heavy atom. The van der Waals surface area contributed by atoms with Gasteiger partial charge in [0.25, 0.3) is 5.56 Å². The van der Waals surface area contributed by atoms with E-state index in [4.69, 9.17) is 16.3 Å². The number of ketones is 1. The summed E-state index contributed by atoms with van der Waals surface area (Å²) in [5.74, 6) is 0.580. The molecule has 0 atom stereocenters. The van der Waals surface area contributed by atoms with Gasteiger partial charge in [0.1, 0.15) is 11.4 Å². The van der Waals surface area contributed by atoms with Crippen LogP contribution in [0.2, 0.25) is 5.02 Å². The third kappa shape index (κ3) is 6.19. The molecule has 0 bridgehead atoms. The van der Waals surface area contributed by atoms with E-state index in [1.54, 1.807) is 61.2 Å². The molecule has 186 valence electrons. The number of hydrogen-bond donors (Lipinski definition) is 1. The van der Waals surface area contributed by atoms with E-state index in [0.717, 1.165) is 0 Å². The fraction of sp³-hybridized carbons (Fsp3) is 0.385. The second-order valence-corrected chi connectivity index (χ2v) is 9.61. The molecule has 0 saturated carbocycles. The molecule has 0 saturated heterocycles. The van der Waals surface area contributed by atoms with Crippen LogP contribution < -0.4 is 15.6 Å². The van der Waals surface area contributed by atoms with E-state index < -0.39 is 5.41 Å². The highest BCUT2D eigenvalue weighted by atomic mass is 35.5. The SMILES string of the molecule is CCOc1ccc(Cl)cc1C(=O)CCC(C)(C)CC(=O)Nc1c(C)n(C)n(-c2ccccn2)c1=O. The average molecular weight is 499 g/mol. The predicted molar refractivity (Wildman–Crippen MR) is 137 cm³/mol. The number of anilines is 1. The second kappa shape index (κ2) is 10.9. The Hall–Kier alpha value is -3.39. The zero-order chi connectivity index (χ0) is 25.8. The first-order valence-electron chi connectivity index (χ1n) is 11.5. The van der Waals surface area contributed by atoms with E-state index in [1.165, 1.54) is 4.68 Å². The van der Waals surface area contributed by atoms with Crippen molar-refractivity contribution < 1.29 is 14.3 Å². The largest absolute Gasteiger partial charge is 0.493 e. The predicted octanol–water partition coefficient (Wildman–Crippen LogP) is 4.95. The number of carbonyl (C=O) groups excluding carboxylic acids is 2. The Morgan fingerprint density at radius 3 is 2.60 bits per heavy atom. The number of amides is 1. The molecule has 0 spiro atoms. The average Bonchev–Trinajstić information content (AvgIpc) is 3.02. The first-order valence-corrected chi connectivity index (χ1v) is 11.9. The van der Waals surface area contributed by atoms with Crippen molar-refractivity contribution in [2.75, 3.05) is 11.9 Å². The van der Waals surface area contributed by atoms with Crippen molar-refractivity contribution >= 4 is 29.0 Å². The van der Waals surface area contributed by atoms with Crippen molar-refractivity contribution in [3.8, 4) is 11.6 Å². The van der Waals surface area contributed by atoms with Crippen LogP contribution in [-0.4, -0.2) is 32.6 Å². The van der Waals surface area contributed by atoms with E-state index in [2.05, 4.69) is 10.3 Å². The van der Waals surface area contributed by atoms with Crippen molar-refractivity contribution in [2.45, 2.75) is 47.0 Å². The van der Waals surface area contributed by atoms with Crippen molar-refractivity contribution in [3.63, 3.8) is 0 Å². The number of nitrogens with one attached hydrogen (secondary N) is 1. The number of halogens is 1. The van der Waals surface area contributed by atoms with Crippen molar-refractivity contribution in [3.05, 3.63) is 69.2 Å². The van der Waals surface area contributed by atoms with Crippen LogP contribution >= 0.6 is 11.6 Å². The van der Waals surface area contributed by atoms with Crippen molar-refractivity contribution in [1.29, 1.82) is 0 Å². The summed E-state index contributed by atoms with van der Waals surface area (Å²) in [7, 11) is 1.74. The Balaban J connectivity index is 1.68. The highest BCUT2D eigenvalue weighted by molar-refractivity contribution is 6.31. The zero-order valence-electron chi connectivity index (χ0n) is 20.7. The Labute approximate surface area is 209 Å². The van der Waals surface area contributed by atoms with Crippen LogP contribution in [0.15, 0.2) is 47.4 Å². The number of ether oxygens (including phenoxy) is 1. The highest BCUT2D eigenvalue weighted by Gasteiger charge is 2.26. The van der Waals surface area contributed by atoms with Crippen LogP contribution in [0, 0.1) is 12.3 Å². The topological polar surface area (TPSA) is 95.2 Å². The summed E-state index contributed by atoms with van der Waals surface area (Å²) >= 11 is 6.08. The summed E-state index contributed by atoms with van der Waals surface area (Å²) in [6.45, 7) is 7.90. The minimum Gasteiger partial charge on any atom is -0.493 e. The Bertz CT molecular complexity index is 1280. The minimum absolute atomic E-state index is 0.0958. The normalized spacial score (nSPS) is 11.4. The number of Topliss-reactive ketones (excluding diaryl/α,β-unsaturated/α-hetero) is 1. The maximum atomic E-state index is 13.0. The number of carbonyl (C=O) groups is 2. The second-order valence-electron chi connectivity index (χ2n) is 9.17. The van der Waals surface area contributed by atoms with E-state index in [1.807, 2.05) is 20.8 Å². The third-order valence-electron chi connectivity index (χ3n) is 5.89. The number of benzene rings is 1. The van der Waals surface area contributed by atoms with Crippen molar-refractivity contribution in [1.82, 2.24) is 14.3 Å². The molecule has 1 aromatic carbocycles. The van der Waals surface area contributed by atoms with Gasteiger partial charge >= 0.3 is 0 Å². The maximum Gasteiger partial charge on any atom is 0.296 e. The van der Waals surface area contributed by atoms with E-state index in [9.17, 15) is 14.4 Å². The number of aromatic nitrogens is 3. The van der Waals surface area contributed by atoms with Gasteiger partial charge in [-0.25, -0.2) is 4.98 Å². The standard InChI is InChI=1S/C26H31ClN4O4/c1-6-35-21-11-10-18(27)15-19(21)20(32)12-13-26(3,4)16-23(33)29-24-17(2)30(5)31(25(24)34)22-9-7-8-14-28-22/h7-11,14-15H,6,12-13,16H2,1-5H3,(H,29,33). The number of pyridine rings is 1. The summed E-state index contributed by atoms with van der Waals surface area (Å²) in [5, 5.41) is 3.24. The first kappa shape index (κ1) is 26.2. The lowest BCUT2D eigenvalue weighted by atomic mass is 9.82. The summed E-state index contributed by atoms with van der Waals surface area (Å²) < 4.78 is 8.63. The van der Waals surface area contributed by atoms with Gasteiger partial charge in [-0.2, -0.15) is 4.68 Å². The molecule has 3 rings (SSSR count). The molecular weight excluding hydrogens is 468 g/mol. The van der Waals surface area contributed by atoms with Crippen LogP contribution in [0.3, 0.4) is 0 Å². The first-order chi connectivity index (χ1) is 16.5. The van der Waals surface area contributed by atoms with Gasteiger partial charge in [-0.3, -0.25) is 19.1 Å². The molecule has 1 N–H and O–H groups in total. The molecule has 0 unspecified atom stereocenters. The molecule has 9 heteroatoms. The quantitative estimate of drug-likeness (QED) is 0.399. The van der Waals surface area contributed by atoms with Crippen LogP contribution in [-0.2, 0) is 11.8 Å². The molecule has 0 aliphatic carbocycles. The van der Waals surface area contributed by atoms with Gasteiger partial charge in [-0.1, -0.05) is 31.5 Å². The molecule has 3 aromatic rings. The maximum absolute atomic E-state index is 13.0. The van der Waals surface area contributed by atoms with Crippen LogP contribution in [0.4, 0.5) is 5.69 Å². The lowest BCUT2D eigenvalue weighted by Gasteiger charge is -2.23. The Kier molecular flexibility index (Phi) is 8.17. The number of rotatable bonds is 10. The smallest absolute Gasteiger partial charge is 0.296 e. The van der Waals surface area contributed by atoms with Gasteiger partial charge in [0.2, 0.25) is 5.91 Å². The van der Waals surface area contributed by atoms with Gasteiger partial charge < -0.3 is 10.1 Å². The van der Waals surface area contributed by atoms with Crippen LogP contribution in [0.1, 0.15) is 56.1 Å².